The summed E-state index contributed by atoms with van der Waals surface area (Å²) in [5.41, 5.74) is 1.77. The molecule has 28 heavy (non-hydrogen) atoms. The number of carbonyl (C=O) groups is 2. The van der Waals surface area contributed by atoms with Crippen LogP contribution in [-0.4, -0.2) is 25.5 Å². The highest BCUT2D eigenvalue weighted by Crippen LogP contribution is 2.31. The fourth-order valence-corrected chi connectivity index (χ4v) is 3.74. The third-order valence-corrected chi connectivity index (χ3v) is 5.20. The van der Waals surface area contributed by atoms with Gasteiger partial charge in [-0.3, -0.25) is 9.59 Å². The Kier molecular flexibility index (Phi) is 4.98. The smallest absolute Gasteiger partial charge is 0.227 e. The van der Waals surface area contributed by atoms with Crippen molar-refractivity contribution >= 4 is 28.3 Å². The monoisotopic (exact) mass is 374 g/mol. The molecule has 2 amide bonds. The summed E-state index contributed by atoms with van der Waals surface area (Å²) in [6, 6.07) is 21.5. The zero-order valence-electron chi connectivity index (χ0n) is 15.7. The standard InChI is InChI=1S/C23H22N2O3/c1-28-21-12-5-3-8-17(21)14-24-23(27)18-13-22(26)25(15-18)20-11-6-9-16-7-2-4-10-19(16)20/h2-12,18H,13-15H2,1H3,(H,24,27). The van der Waals surface area contributed by atoms with E-state index in [2.05, 4.69) is 5.32 Å². The Hall–Kier alpha value is -3.34. The van der Waals surface area contributed by atoms with Crippen LogP contribution in [0, 0.1) is 5.92 Å². The van der Waals surface area contributed by atoms with E-state index in [9.17, 15) is 9.59 Å². The highest BCUT2D eigenvalue weighted by atomic mass is 16.5. The van der Waals surface area contributed by atoms with E-state index in [1.165, 1.54) is 0 Å². The van der Waals surface area contributed by atoms with Crippen LogP contribution in [0.1, 0.15) is 12.0 Å². The third-order valence-electron chi connectivity index (χ3n) is 5.20. The molecular weight excluding hydrogens is 352 g/mol. The number of rotatable bonds is 5. The van der Waals surface area contributed by atoms with Gasteiger partial charge in [0.2, 0.25) is 11.8 Å². The Morgan fingerprint density at radius 3 is 2.68 bits per heavy atom. The number of nitrogens with zero attached hydrogens (tertiary/aromatic N) is 1. The molecule has 5 heteroatoms. The van der Waals surface area contributed by atoms with Gasteiger partial charge in [-0.15, -0.1) is 0 Å². The fourth-order valence-electron chi connectivity index (χ4n) is 3.74. The van der Waals surface area contributed by atoms with Crippen molar-refractivity contribution in [2.75, 3.05) is 18.6 Å². The Labute approximate surface area is 163 Å². The van der Waals surface area contributed by atoms with Gasteiger partial charge in [0.15, 0.2) is 0 Å². The molecule has 4 rings (SSSR count). The SMILES string of the molecule is COc1ccccc1CNC(=O)C1CC(=O)N(c2cccc3ccccc23)C1. The minimum absolute atomic E-state index is 0.0196. The summed E-state index contributed by atoms with van der Waals surface area (Å²) in [4.78, 5) is 27.0. The molecule has 3 aromatic carbocycles. The van der Waals surface area contributed by atoms with Crippen molar-refractivity contribution in [3.05, 3.63) is 72.3 Å². The highest BCUT2D eigenvalue weighted by Gasteiger charge is 2.35. The number of benzene rings is 3. The normalized spacial score (nSPS) is 16.4. The number of methoxy groups -OCH3 is 1. The van der Waals surface area contributed by atoms with E-state index < -0.39 is 0 Å². The first-order valence-corrected chi connectivity index (χ1v) is 9.35. The minimum atomic E-state index is -0.360. The van der Waals surface area contributed by atoms with E-state index in [1.54, 1.807) is 12.0 Å². The van der Waals surface area contributed by atoms with Crippen LogP contribution in [0.3, 0.4) is 0 Å². The molecule has 1 N–H and O–H groups in total. The van der Waals surface area contributed by atoms with Crippen LogP contribution in [0.4, 0.5) is 5.69 Å². The number of hydrogen-bond donors (Lipinski definition) is 1. The largest absolute Gasteiger partial charge is 0.496 e. The maximum absolute atomic E-state index is 12.7. The van der Waals surface area contributed by atoms with Crippen LogP contribution in [0.15, 0.2) is 66.7 Å². The first kappa shape index (κ1) is 18.0. The average Bonchev–Trinajstić information content (AvgIpc) is 3.13. The number of ether oxygens (including phenoxy) is 1. The van der Waals surface area contributed by atoms with Gasteiger partial charge in [0.1, 0.15) is 5.75 Å². The lowest BCUT2D eigenvalue weighted by molar-refractivity contribution is -0.126. The summed E-state index contributed by atoms with van der Waals surface area (Å²) < 4.78 is 5.32. The maximum Gasteiger partial charge on any atom is 0.227 e. The topological polar surface area (TPSA) is 58.6 Å². The Morgan fingerprint density at radius 1 is 1.07 bits per heavy atom. The van der Waals surface area contributed by atoms with E-state index >= 15 is 0 Å². The van der Waals surface area contributed by atoms with Crippen LogP contribution >= 0.6 is 0 Å². The number of carbonyl (C=O) groups excluding carboxylic acids is 2. The van der Waals surface area contributed by atoms with E-state index in [1.807, 2.05) is 66.7 Å². The molecule has 1 heterocycles. The average molecular weight is 374 g/mol. The molecule has 0 aliphatic carbocycles. The molecule has 1 aliphatic heterocycles. The predicted octanol–water partition coefficient (Wildman–Crippen LogP) is 3.52. The Balaban J connectivity index is 1.48. The number of fused-ring (bicyclic) bond motifs is 1. The summed E-state index contributed by atoms with van der Waals surface area (Å²) in [5.74, 6) is 0.250. The quantitative estimate of drug-likeness (QED) is 0.743. The van der Waals surface area contributed by atoms with Gasteiger partial charge in [-0.2, -0.15) is 0 Å². The van der Waals surface area contributed by atoms with Crippen molar-refractivity contribution in [3.8, 4) is 5.75 Å². The van der Waals surface area contributed by atoms with E-state index in [4.69, 9.17) is 4.74 Å². The number of anilines is 1. The van der Waals surface area contributed by atoms with Crippen molar-refractivity contribution in [1.82, 2.24) is 5.32 Å². The Bertz CT molecular complexity index is 1030. The van der Waals surface area contributed by atoms with Crippen molar-refractivity contribution in [2.45, 2.75) is 13.0 Å². The molecule has 0 saturated carbocycles. The van der Waals surface area contributed by atoms with Gasteiger partial charge >= 0.3 is 0 Å². The molecular formula is C23H22N2O3. The van der Waals surface area contributed by atoms with Crippen LogP contribution in [0.2, 0.25) is 0 Å². The minimum Gasteiger partial charge on any atom is -0.496 e. The zero-order chi connectivity index (χ0) is 19.5. The summed E-state index contributed by atoms with van der Waals surface area (Å²) >= 11 is 0. The molecule has 1 unspecified atom stereocenters. The molecule has 0 spiro atoms. The molecule has 1 aliphatic rings. The lowest BCUT2D eigenvalue weighted by Crippen LogP contribution is -2.32. The van der Waals surface area contributed by atoms with Crippen molar-refractivity contribution in [3.63, 3.8) is 0 Å². The van der Waals surface area contributed by atoms with Crippen LogP contribution in [0.5, 0.6) is 5.75 Å². The maximum atomic E-state index is 12.7. The second-order valence-corrected chi connectivity index (χ2v) is 6.93. The molecule has 5 nitrogen and oxygen atoms in total. The first-order valence-electron chi connectivity index (χ1n) is 9.35. The van der Waals surface area contributed by atoms with E-state index in [0.29, 0.717) is 13.1 Å². The van der Waals surface area contributed by atoms with Crippen LogP contribution in [0.25, 0.3) is 10.8 Å². The van der Waals surface area contributed by atoms with Crippen molar-refractivity contribution in [2.24, 2.45) is 5.92 Å². The number of hydrogen-bond acceptors (Lipinski definition) is 3. The van der Waals surface area contributed by atoms with Gasteiger partial charge in [0.05, 0.1) is 18.7 Å². The second kappa shape index (κ2) is 7.72. The second-order valence-electron chi connectivity index (χ2n) is 6.93. The molecule has 0 radical (unpaired) electrons. The van der Waals surface area contributed by atoms with Gasteiger partial charge in [-0.25, -0.2) is 0 Å². The molecule has 3 aromatic rings. The molecule has 1 fully saturated rings. The van der Waals surface area contributed by atoms with Crippen molar-refractivity contribution in [1.29, 1.82) is 0 Å². The first-order chi connectivity index (χ1) is 13.7. The highest BCUT2D eigenvalue weighted by molar-refractivity contribution is 6.06. The van der Waals surface area contributed by atoms with Gasteiger partial charge in [0, 0.05) is 30.5 Å². The molecule has 1 saturated heterocycles. The van der Waals surface area contributed by atoms with Gasteiger partial charge in [-0.05, 0) is 17.5 Å². The zero-order valence-corrected chi connectivity index (χ0v) is 15.7. The summed E-state index contributed by atoms with van der Waals surface area (Å²) in [6.45, 7) is 0.770. The molecule has 0 bridgehead atoms. The molecule has 1 atom stereocenters. The van der Waals surface area contributed by atoms with Gasteiger partial charge in [-0.1, -0.05) is 54.6 Å². The van der Waals surface area contributed by atoms with Crippen LogP contribution in [-0.2, 0) is 16.1 Å². The third kappa shape index (κ3) is 3.43. The summed E-state index contributed by atoms with van der Waals surface area (Å²) in [7, 11) is 1.61. The van der Waals surface area contributed by atoms with Gasteiger partial charge in [0.25, 0.3) is 0 Å². The van der Waals surface area contributed by atoms with E-state index in [0.717, 1.165) is 27.8 Å². The van der Waals surface area contributed by atoms with Crippen molar-refractivity contribution < 1.29 is 14.3 Å². The number of amides is 2. The van der Waals surface area contributed by atoms with Gasteiger partial charge < -0.3 is 15.0 Å². The lowest BCUT2D eigenvalue weighted by atomic mass is 10.1. The molecule has 0 aromatic heterocycles. The number of nitrogens with one attached hydrogen (secondary N) is 1. The lowest BCUT2D eigenvalue weighted by Gasteiger charge is -2.19. The van der Waals surface area contributed by atoms with Crippen LogP contribution < -0.4 is 15.0 Å². The predicted molar refractivity (Wildman–Crippen MR) is 109 cm³/mol. The summed E-state index contributed by atoms with van der Waals surface area (Å²) in [6.07, 6.45) is 0.223. The van der Waals surface area contributed by atoms with E-state index in [-0.39, 0.29) is 24.2 Å². The fraction of sp³-hybridized carbons (Fsp3) is 0.217. The summed E-state index contributed by atoms with van der Waals surface area (Å²) in [5, 5.41) is 5.05. The molecule has 142 valence electrons. The number of para-hydroxylation sites is 1. The Morgan fingerprint density at radius 2 is 1.82 bits per heavy atom.